The number of fused-ring (bicyclic) bond motifs is 1. The van der Waals surface area contributed by atoms with E-state index < -0.39 is 0 Å². The van der Waals surface area contributed by atoms with E-state index in [-0.39, 0.29) is 28.6 Å². The van der Waals surface area contributed by atoms with Gasteiger partial charge in [0.1, 0.15) is 5.75 Å². The van der Waals surface area contributed by atoms with Crippen LogP contribution in [0, 0.1) is 0 Å². The molecule has 0 bridgehead atoms. The lowest BCUT2D eigenvalue weighted by molar-refractivity contribution is 0.102. The van der Waals surface area contributed by atoms with Gasteiger partial charge in [-0.05, 0) is 24.3 Å². The summed E-state index contributed by atoms with van der Waals surface area (Å²) in [5.41, 5.74) is 1.17. The van der Waals surface area contributed by atoms with Crippen LogP contribution >= 0.6 is 11.8 Å². The lowest BCUT2D eigenvalue weighted by Crippen LogP contribution is -2.15. The maximum Gasteiger partial charge on any atom is 0.279 e. The molecule has 0 fully saturated rings. The predicted octanol–water partition coefficient (Wildman–Crippen LogP) is 2.46. The van der Waals surface area contributed by atoms with E-state index >= 15 is 0 Å². The second kappa shape index (κ2) is 7.65. The molecule has 0 aliphatic heterocycles. The summed E-state index contributed by atoms with van der Waals surface area (Å²) in [4.78, 5) is 27.4. The quantitative estimate of drug-likeness (QED) is 0.396. The van der Waals surface area contributed by atoms with E-state index in [1.807, 2.05) is 18.2 Å². The average molecular weight is 393 g/mol. The molecule has 0 radical (unpaired) electrons. The molecule has 4 aromatic rings. The van der Waals surface area contributed by atoms with Gasteiger partial charge in [0.05, 0.1) is 12.9 Å². The second-order valence-corrected chi connectivity index (χ2v) is 6.77. The summed E-state index contributed by atoms with van der Waals surface area (Å²) < 4.78 is 6.54. The minimum absolute atomic E-state index is 0.0582. The van der Waals surface area contributed by atoms with Crippen LogP contribution < -0.4 is 10.3 Å². The summed E-state index contributed by atoms with van der Waals surface area (Å²) in [5, 5.41) is 12.8. The molecule has 2 aromatic heterocycles. The number of aromatic amines is 1. The number of ketones is 1. The van der Waals surface area contributed by atoms with Gasteiger partial charge < -0.3 is 4.74 Å². The number of nitrogens with zero attached hydrogens (tertiary/aromatic N) is 4. The second-order valence-electron chi connectivity index (χ2n) is 5.83. The number of carbonyl (C=O) groups is 1. The smallest absolute Gasteiger partial charge is 0.279 e. The minimum Gasteiger partial charge on any atom is -0.497 e. The number of Topliss-reactive ketones (excluding diaryl/α,β-unsaturated/α-hetero) is 1. The molecule has 140 valence electrons. The summed E-state index contributed by atoms with van der Waals surface area (Å²) in [7, 11) is 1.57. The van der Waals surface area contributed by atoms with Gasteiger partial charge in [0.25, 0.3) is 11.3 Å². The molecule has 0 saturated heterocycles. The third-order valence-corrected chi connectivity index (χ3v) is 4.96. The van der Waals surface area contributed by atoms with E-state index in [1.54, 1.807) is 43.5 Å². The average Bonchev–Trinajstić information content (AvgIpc) is 3.13. The first-order chi connectivity index (χ1) is 13.7. The molecule has 2 aromatic carbocycles. The van der Waals surface area contributed by atoms with Crippen molar-refractivity contribution in [1.82, 2.24) is 24.8 Å². The molecule has 0 amide bonds. The van der Waals surface area contributed by atoms with Gasteiger partial charge in [-0.1, -0.05) is 42.1 Å². The molecule has 2 heterocycles. The number of carbonyl (C=O) groups excluding carboxylic acids is 1. The van der Waals surface area contributed by atoms with E-state index in [4.69, 9.17) is 4.74 Å². The van der Waals surface area contributed by atoms with Crippen LogP contribution in [0.4, 0.5) is 0 Å². The number of rotatable bonds is 6. The third-order valence-electron chi connectivity index (χ3n) is 4.04. The molecule has 0 atom stereocenters. The molecular formula is C19H15N5O3S. The zero-order valence-electron chi connectivity index (χ0n) is 14.8. The largest absolute Gasteiger partial charge is 0.497 e. The summed E-state index contributed by atoms with van der Waals surface area (Å²) in [6.07, 6.45) is 0. The van der Waals surface area contributed by atoms with Gasteiger partial charge in [-0.3, -0.25) is 14.6 Å². The highest BCUT2D eigenvalue weighted by Gasteiger charge is 2.15. The first kappa shape index (κ1) is 17.9. The summed E-state index contributed by atoms with van der Waals surface area (Å²) in [6, 6.07) is 16.0. The van der Waals surface area contributed by atoms with Gasteiger partial charge in [0.15, 0.2) is 11.5 Å². The van der Waals surface area contributed by atoms with E-state index in [9.17, 15) is 9.59 Å². The standard InChI is InChI=1S/C19H15N5O3S/c1-27-14-9-7-12(8-10-14)15(25)11-28-19-22-21-18-20-17(26)16(23-24(18)19)13-5-3-2-4-6-13/h2-10H,11H2,1H3,(H,20,21,26). The summed E-state index contributed by atoms with van der Waals surface area (Å²) >= 11 is 1.20. The van der Waals surface area contributed by atoms with Crippen molar-refractivity contribution >= 4 is 23.3 Å². The lowest BCUT2D eigenvalue weighted by Gasteiger charge is -2.03. The number of benzene rings is 2. The SMILES string of the molecule is COc1ccc(C(=O)CSc2nnc3[nH]c(=O)c(-c4ccccc4)nn23)cc1. The molecule has 0 saturated carbocycles. The Morgan fingerprint density at radius 1 is 1.11 bits per heavy atom. The minimum atomic E-state index is -0.350. The highest BCUT2D eigenvalue weighted by molar-refractivity contribution is 7.99. The monoisotopic (exact) mass is 393 g/mol. The van der Waals surface area contributed by atoms with E-state index in [2.05, 4.69) is 20.3 Å². The predicted molar refractivity (Wildman–Crippen MR) is 105 cm³/mol. The Kier molecular flexibility index (Phi) is 4.90. The van der Waals surface area contributed by atoms with Crippen LogP contribution in [0.2, 0.25) is 0 Å². The molecule has 0 aliphatic rings. The number of hydrogen-bond donors (Lipinski definition) is 1. The Balaban J connectivity index is 1.58. The number of thioether (sulfide) groups is 1. The van der Waals surface area contributed by atoms with Crippen molar-refractivity contribution in [1.29, 1.82) is 0 Å². The first-order valence-electron chi connectivity index (χ1n) is 8.37. The molecule has 1 N–H and O–H groups in total. The number of ether oxygens (including phenoxy) is 1. The molecule has 0 unspecified atom stereocenters. The third kappa shape index (κ3) is 3.52. The molecule has 0 aliphatic carbocycles. The van der Waals surface area contributed by atoms with Gasteiger partial charge in [0.2, 0.25) is 5.16 Å². The van der Waals surface area contributed by atoms with Crippen molar-refractivity contribution in [2.24, 2.45) is 0 Å². The Bertz CT molecular complexity index is 1190. The molecule has 8 nitrogen and oxygen atoms in total. The van der Waals surface area contributed by atoms with Crippen molar-refractivity contribution < 1.29 is 9.53 Å². The fourth-order valence-corrected chi connectivity index (χ4v) is 3.38. The normalized spacial score (nSPS) is 10.9. The van der Waals surface area contributed by atoms with Gasteiger partial charge in [-0.25, -0.2) is 0 Å². The summed E-state index contributed by atoms with van der Waals surface area (Å²) in [5.74, 6) is 1.02. The molecule has 4 rings (SSSR count). The Hall–Kier alpha value is -3.46. The fourth-order valence-electron chi connectivity index (χ4n) is 2.60. The Morgan fingerprint density at radius 3 is 2.57 bits per heavy atom. The topological polar surface area (TPSA) is 102 Å². The van der Waals surface area contributed by atoms with Crippen molar-refractivity contribution in [3.63, 3.8) is 0 Å². The Morgan fingerprint density at radius 2 is 1.86 bits per heavy atom. The van der Waals surface area contributed by atoms with Crippen LogP contribution in [0.3, 0.4) is 0 Å². The molecule has 28 heavy (non-hydrogen) atoms. The van der Waals surface area contributed by atoms with Crippen molar-refractivity contribution in [3.8, 4) is 17.0 Å². The van der Waals surface area contributed by atoms with Gasteiger partial charge in [-0.2, -0.15) is 9.61 Å². The van der Waals surface area contributed by atoms with Crippen LogP contribution in [0.15, 0.2) is 64.5 Å². The molecule has 0 spiro atoms. The number of H-pyrrole nitrogens is 1. The van der Waals surface area contributed by atoms with Crippen molar-refractivity contribution in [3.05, 3.63) is 70.5 Å². The van der Waals surface area contributed by atoms with E-state index in [0.29, 0.717) is 22.0 Å². The van der Waals surface area contributed by atoms with Crippen LogP contribution in [0.1, 0.15) is 10.4 Å². The number of methoxy groups -OCH3 is 1. The molecule has 9 heteroatoms. The van der Waals surface area contributed by atoms with E-state index in [1.165, 1.54) is 16.3 Å². The van der Waals surface area contributed by atoms with Gasteiger partial charge >= 0.3 is 0 Å². The van der Waals surface area contributed by atoms with Gasteiger partial charge in [0, 0.05) is 11.1 Å². The van der Waals surface area contributed by atoms with Crippen LogP contribution in [0.5, 0.6) is 5.75 Å². The number of aromatic nitrogens is 5. The number of hydrogen-bond acceptors (Lipinski definition) is 7. The summed E-state index contributed by atoms with van der Waals surface area (Å²) in [6.45, 7) is 0. The van der Waals surface area contributed by atoms with Crippen molar-refractivity contribution in [2.45, 2.75) is 5.16 Å². The zero-order chi connectivity index (χ0) is 19.5. The highest BCUT2D eigenvalue weighted by atomic mass is 32.2. The number of nitrogens with one attached hydrogen (secondary N) is 1. The highest BCUT2D eigenvalue weighted by Crippen LogP contribution is 2.19. The Labute approximate surface area is 163 Å². The first-order valence-corrected chi connectivity index (χ1v) is 9.35. The zero-order valence-corrected chi connectivity index (χ0v) is 15.6. The lowest BCUT2D eigenvalue weighted by atomic mass is 10.1. The maximum absolute atomic E-state index is 12.4. The fraction of sp³-hybridized carbons (Fsp3) is 0.105. The van der Waals surface area contributed by atoms with Crippen LogP contribution in [0.25, 0.3) is 17.0 Å². The maximum atomic E-state index is 12.4. The molecular weight excluding hydrogens is 378 g/mol. The van der Waals surface area contributed by atoms with Crippen LogP contribution in [-0.4, -0.2) is 43.4 Å². The van der Waals surface area contributed by atoms with Crippen molar-refractivity contribution in [2.75, 3.05) is 12.9 Å². The van der Waals surface area contributed by atoms with Crippen LogP contribution in [-0.2, 0) is 0 Å². The van der Waals surface area contributed by atoms with Gasteiger partial charge in [-0.15, -0.1) is 10.2 Å². The van der Waals surface area contributed by atoms with E-state index in [0.717, 1.165) is 0 Å².